The summed E-state index contributed by atoms with van der Waals surface area (Å²) in [5.74, 6) is -0.451. The molecule has 0 radical (unpaired) electrons. The molecule has 0 heterocycles. The molecular weight excluding hydrogens is 210 g/mol. The molecule has 16 heavy (non-hydrogen) atoms. The second-order valence-corrected chi connectivity index (χ2v) is 3.45. The van der Waals surface area contributed by atoms with Crippen molar-refractivity contribution in [3.8, 4) is 11.5 Å². The summed E-state index contributed by atoms with van der Waals surface area (Å²) in [6.07, 6.45) is 0. The fourth-order valence-corrected chi connectivity index (χ4v) is 1.36. The highest BCUT2D eigenvalue weighted by Gasteiger charge is 2.07. The average Bonchev–Trinajstić information content (AvgIpc) is 2.25. The first-order valence-corrected chi connectivity index (χ1v) is 4.85. The second kappa shape index (κ2) is 4.31. The summed E-state index contributed by atoms with van der Waals surface area (Å²) in [6.45, 7) is 1.65. The smallest absolute Gasteiger partial charge is 0.168 e. The first-order chi connectivity index (χ1) is 7.66. The molecule has 0 bridgehead atoms. The minimum atomic E-state index is -0.424. The van der Waals surface area contributed by atoms with Crippen molar-refractivity contribution in [3.63, 3.8) is 0 Å². The molecule has 2 rings (SSSR count). The fraction of sp³-hybridized carbons (Fsp3) is 0.0769. The van der Waals surface area contributed by atoms with Gasteiger partial charge in [0, 0.05) is 6.07 Å². The lowest BCUT2D eigenvalue weighted by Crippen LogP contribution is -1.91. The molecule has 0 aliphatic carbocycles. The zero-order valence-corrected chi connectivity index (χ0v) is 8.71. The molecule has 0 aliphatic heterocycles. The van der Waals surface area contributed by atoms with Crippen molar-refractivity contribution in [2.75, 3.05) is 0 Å². The minimum Gasteiger partial charge on any atom is -0.454 e. The van der Waals surface area contributed by atoms with Crippen LogP contribution in [0.1, 0.15) is 5.56 Å². The Balaban J connectivity index is 2.31. The summed E-state index contributed by atoms with van der Waals surface area (Å²) in [5.41, 5.74) is 0.494. The maximum atomic E-state index is 13.6. The van der Waals surface area contributed by atoms with Crippen molar-refractivity contribution in [1.29, 1.82) is 0 Å². The summed E-state index contributed by atoms with van der Waals surface area (Å²) in [4.78, 5) is 0. The predicted octanol–water partition coefficient (Wildman–Crippen LogP) is 4.07. The van der Waals surface area contributed by atoms with Crippen molar-refractivity contribution in [3.05, 3.63) is 59.7 Å². The van der Waals surface area contributed by atoms with Gasteiger partial charge < -0.3 is 4.74 Å². The zero-order valence-electron chi connectivity index (χ0n) is 8.71. The van der Waals surface area contributed by atoms with Crippen molar-refractivity contribution in [1.82, 2.24) is 0 Å². The summed E-state index contributed by atoms with van der Waals surface area (Å²) < 4.78 is 31.7. The van der Waals surface area contributed by atoms with Crippen LogP contribution in [0.25, 0.3) is 0 Å². The van der Waals surface area contributed by atoms with Gasteiger partial charge in [0.2, 0.25) is 0 Å². The van der Waals surface area contributed by atoms with Gasteiger partial charge in [0.05, 0.1) is 0 Å². The first-order valence-electron chi connectivity index (χ1n) is 4.85. The van der Waals surface area contributed by atoms with Gasteiger partial charge in [0.1, 0.15) is 11.6 Å². The van der Waals surface area contributed by atoms with Crippen LogP contribution < -0.4 is 4.74 Å². The number of aryl methyl sites for hydroxylation is 1. The third-order valence-electron chi connectivity index (χ3n) is 2.18. The van der Waals surface area contributed by atoms with Gasteiger partial charge in [-0.05, 0) is 30.7 Å². The van der Waals surface area contributed by atoms with E-state index >= 15 is 0 Å². The predicted molar refractivity (Wildman–Crippen MR) is 57.6 cm³/mol. The molecule has 0 atom stereocenters. The molecule has 0 fully saturated rings. The van der Waals surface area contributed by atoms with Crippen LogP contribution in [0, 0.1) is 18.6 Å². The Kier molecular flexibility index (Phi) is 2.86. The van der Waals surface area contributed by atoms with Gasteiger partial charge >= 0.3 is 0 Å². The maximum Gasteiger partial charge on any atom is 0.168 e. The fourth-order valence-electron chi connectivity index (χ4n) is 1.36. The lowest BCUT2D eigenvalue weighted by Gasteiger charge is -2.07. The Bertz CT molecular complexity index is 509. The van der Waals surface area contributed by atoms with Crippen molar-refractivity contribution >= 4 is 0 Å². The van der Waals surface area contributed by atoms with Crippen molar-refractivity contribution < 1.29 is 13.5 Å². The molecule has 2 aromatic carbocycles. The molecule has 0 unspecified atom stereocenters. The van der Waals surface area contributed by atoms with Crippen molar-refractivity contribution in [2.24, 2.45) is 0 Å². The highest BCUT2D eigenvalue weighted by atomic mass is 19.1. The molecule has 0 aliphatic rings. The topological polar surface area (TPSA) is 9.23 Å². The quantitative estimate of drug-likeness (QED) is 0.741. The van der Waals surface area contributed by atoms with E-state index in [1.165, 1.54) is 24.3 Å². The van der Waals surface area contributed by atoms with Crippen LogP contribution in [-0.4, -0.2) is 0 Å². The normalized spacial score (nSPS) is 10.2. The summed E-state index contributed by atoms with van der Waals surface area (Å²) in [6, 6.07) is 10.4. The molecule has 2 aromatic rings. The highest BCUT2D eigenvalue weighted by Crippen LogP contribution is 2.26. The second-order valence-electron chi connectivity index (χ2n) is 3.45. The summed E-state index contributed by atoms with van der Waals surface area (Å²) in [7, 11) is 0. The van der Waals surface area contributed by atoms with E-state index in [-0.39, 0.29) is 11.5 Å². The Morgan fingerprint density at radius 3 is 2.50 bits per heavy atom. The van der Waals surface area contributed by atoms with E-state index in [9.17, 15) is 8.78 Å². The summed E-state index contributed by atoms with van der Waals surface area (Å²) in [5, 5.41) is 0. The van der Waals surface area contributed by atoms with E-state index in [1.54, 1.807) is 25.1 Å². The Hall–Kier alpha value is -1.90. The van der Waals surface area contributed by atoms with Crippen LogP contribution in [0.4, 0.5) is 8.78 Å². The number of benzene rings is 2. The third kappa shape index (κ3) is 2.19. The maximum absolute atomic E-state index is 13.6. The molecule has 0 saturated carbocycles. The van der Waals surface area contributed by atoms with Gasteiger partial charge in [-0.3, -0.25) is 0 Å². The van der Waals surface area contributed by atoms with Crippen LogP contribution >= 0.6 is 0 Å². The SMILES string of the molecule is Cc1cccc(Oc2cccc(F)c2)c1F. The van der Waals surface area contributed by atoms with E-state index in [0.717, 1.165) is 0 Å². The Morgan fingerprint density at radius 1 is 1.00 bits per heavy atom. The largest absolute Gasteiger partial charge is 0.454 e. The van der Waals surface area contributed by atoms with Crippen LogP contribution in [-0.2, 0) is 0 Å². The van der Waals surface area contributed by atoms with Crippen LogP contribution in [0.15, 0.2) is 42.5 Å². The van der Waals surface area contributed by atoms with E-state index < -0.39 is 11.6 Å². The van der Waals surface area contributed by atoms with Crippen LogP contribution in [0.2, 0.25) is 0 Å². The van der Waals surface area contributed by atoms with E-state index in [0.29, 0.717) is 5.56 Å². The number of hydrogen-bond donors (Lipinski definition) is 0. The molecule has 0 amide bonds. The molecule has 0 N–H and O–H groups in total. The molecule has 0 saturated heterocycles. The minimum absolute atomic E-state index is 0.102. The van der Waals surface area contributed by atoms with Crippen LogP contribution in [0.3, 0.4) is 0 Å². The third-order valence-corrected chi connectivity index (χ3v) is 2.18. The number of rotatable bonds is 2. The van der Waals surface area contributed by atoms with Gasteiger partial charge in [-0.1, -0.05) is 18.2 Å². The molecular formula is C13H10F2O. The molecule has 0 aromatic heterocycles. The van der Waals surface area contributed by atoms with Gasteiger partial charge in [-0.2, -0.15) is 0 Å². The van der Waals surface area contributed by atoms with E-state index in [1.807, 2.05) is 0 Å². The summed E-state index contributed by atoms with van der Waals surface area (Å²) >= 11 is 0. The molecule has 3 heteroatoms. The monoisotopic (exact) mass is 220 g/mol. The number of ether oxygens (including phenoxy) is 1. The van der Waals surface area contributed by atoms with Crippen LogP contribution in [0.5, 0.6) is 11.5 Å². The highest BCUT2D eigenvalue weighted by molar-refractivity contribution is 5.35. The zero-order chi connectivity index (χ0) is 11.5. The van der Waals surface area contributed by atoms with Gasteiger partial charge in [-0.15, -0.1) is 0 Å². The standard InChI is InChI=1S/C13H10F2O/c1-9-4-2-7-12(13(9)15)16-11-6-3-5-10(14)8-11/h2-8H,1H3. The average molecular weight is 220 g/mol. The first kappa shape index (κ1) is 10.6. The van der Waals surface area contributed by atoms with Gasteiger partial charge in [0.15, 0.2) is 11.6 Å². The van der Waals surface area contributed by atoms with Gasteiger partial charge in [-0.25, -0.2) is 8.78 Å². The number of halogens is 2. The Labute approximate surface area is 92.3 Å². The lowest BCUT2D eigenvalue weighted by atomic mass is 10.2. The molecule has 82 valence electrons. The number of hydrogen-bond acceptors (Lipinski definition) is 1. The van der Waals surface area contributed by atoms with E-state index in [2.05, 4.69) is 0 Å². The lowest BCUT2D eigenvalue weighted by molar-refractivity contribution is 0.436. The Morgan fingerprint density at radius 2 is 1.75 bits per heavy atom. The van der Waals surface area contributed by atoms with E-state index in [4.69, 9.17) is 4.74 Å². The van der Waals surface area contributed by atoms with Gasteiger partial charge in [0.25, 0.3) is 0 Å². The van der Waals surface area contributed by atoms with Crippen molar-refractivity contribution in [2.45, 2.75) is 6.92 Å². The molecule has 1 nitrogen and oxygen atoms in total. The molecule has 0 spiro atoms.